The van der Waals surface area contributed by atoms with Gasteiger partial charge in [0.05, 0.1) is 18.6 Å². The molecule has 4 nitrogen and oxygen atoms in total. The first-order valence-electron chi connectivity index (χ1n) is 8.92. The third-order valence-electron chi connectivity index (χ3n) is 5.79. The molecule has 3 rings (SSSR count). The minimum absolute atomic E-state index is 0.00520. The summed E-state index contributed by atoms with van der Waals surface area (Å²) in [5.41, 5.74) is 0.260. The van der Waals surface area contributed by atoms with Crippen LogP contribution in [0.25, 0.3) is 0 Å². The molecule has 3 fully saturated rings. The Morgan fingerprint density at radius 2 is 1.65 bits per heavy atom. The first kappa shape index (κ1) is 18.0. The molecule has 0 radical (unpaired) electrons. The molecule has 1 atom stereocenters. The predicted octanol–water partition coefficient (Wildman–Crippen LogP) is 4.04. The third-order valence-corrected chi connectivity index (χ3v) is 5.79. The van der Waals surface area contributed by atoms with Crippen molar-refractivity contribution < 1.29 is 19.1 Å². The van der Waals surface area contributed by atoms with E-state index >= 15 is 0 Å². The molecule has 0 N–H and O–H groups in total. The van der Waals surface area contributed by atoms with Crippen LogP contribution in [0.15, 0.2) is 12.7 Å². The molecule has 0 spiro atoms. The van der Waals surface area contributed by atoms with Gasteiger partial charge in [0, 0.05) is 12.0 Å². The monoisotopic (exact) mass is 322 g/mol. The van der Waals surface area contributed by atoms with Crippen LogP contribution in [0.1, 0.15) is 65.2 Å². The van der Waals surface area contributed by atoms with Gasteiger partial charge in [-0.15, -0.1) is 0 Å². The molecule has 23 heavy (non-hydrogen) atoms. The van der Waals surface area contributed by atoms with Gasteiger partial charge in [0.25, 0.3) is 0 Å². The fourth-order valence-corrected chi connectivity index (χ4v) is 4.18. The van der Waals surface area contributed by atoms with Gasteiger partial charge in [-0.2, -0.15) is 0 Å². The number of carbonyl (C=O) groups excluding carboxylic acids is 2. The summed E-state index contributed by atoms with van der Waals surface area (Å²) in [7, 11) is 0. The van der Waals surface area contributed by atoms with Gasteiger partial charge < -0.3 is 9.47 Å². The van der Waals surface area contributed by atoms with Crippen molar-refractivity contribution in [3.63, 3.8) is 0 Å². The van der Waals surface area contributed by atoms with Crippen LogP contribution in [0, 0.1) is 16.7 Å². The smallest absolute Gasteiger partial charge is 0.330 e. The lowest BCUT2D eigenvalue weighted by molar-refractivity contribution is -0.168. The molecule has 0 amide bonds. The molecule has 3 saturated carbocycles. The summed E-state index contributed by atoms with van der Waals surface area (Å²) < 4.78 is 10.5. The SMILES string of the molecule is C=CC(=O)OC[C@H](C)COC(=O)C12CCC(CCC)(CC1)CC2. The Bertz CT molecular complexity index is 430. The molecule has 0 aromatic rings. The van der Waals surface area contributed by atoms with Crippen molar-refractivity contribution in [1.29, 1.82) is 0 Å². The number of hydrogen-bond acceptors (Lipinski definition) is 4. The van der Waals surface area contributed by atoms with Gasteiger partial charge in [0.2, 0.25) is 0 Å². The Morgan fingerprint density at radius 3 is 2.17 bits per heavy atom. The van der Waals surface area contributed by atoms with E-state index in [2.05, 4.69) is 13.5 Å². The maximum absolute atomic E-state index is 12.6. The maximum atomic E-state index is 12.6. The highest BCUT2D eigenvalue weighted by Crippen LogP contribution is 2.59. The zero-order chi connectivity index (χ0) is 16.9. The minimum Gasteiger partial charge on any atom is -0.465 e. The summed E-state index contributed by atoms with van der Waals surface area (Å²) in [5, 5.41) is 0. The fourth-order valence-electron chi connectivity index (χ4n) is 4.18. The molecule has 0 unspecified atom stereocenters. The van der Waals surface area contributed by atoms with E-state index in [1.165, 1.54) is 32.1 Å². The van der Waals surface area contributed by atoms with Crippen molar-refractivity contribution in [2.75, 3.05) is 13.2 Å². The predicted molar refractivity (Wildman–Crippen MR) is 88.8 cm³/mol. The minimum atomic E-state index is -0.436. The number of carbonyl (C=O) groups is 2. The van der Waals surface area contributed by atoms with Crippen LogP contribution >= 0.6 is 0 Å². The lowest BCUT2D eigenvalue weighted by Crippen LogP contribution is -2.46. The van der Waals surface area contributed by atoms with Crippen molar-refractivity contribution in [3.8, 4) is 0 Å². The number of hydrogen-bond donors (Lipinski definition) is 0. The molecule has 4 heteroatoms. The Labute approximate surface area is 139 Å². The summed E-state index contributed by atoms with van der Waals surface area (Å²) in [4.78, 5) is 23.6. The summed E-state index contributed by atoms with van der Waals surface area (Å²) >= 11 is 0. The molecule has 2 bridgehead atoms. The van der Waals surface area contributed by atoms with E-state index in [0.717, 1.165) is 25.3 Å². The molecular weight excluding hydrogens is 292 g/mol. The molecule has 3 aliphatic carbocycles. The van der Waals surface area contributed by atoms with E-state index < -0.39 is 5.97 Å². The zero-order valence-corrected chi connectivity index (χ0v) is 14.6. The third kappa shape index (κ3) is 4.15. The Hall–Kier alpha value is -1.32. The van der Waals surface area contributed by atoms with E-state index in [-0.39, 0.29) is 23.9 Å². The van der Waals surface area contributed by atoms with Crippen molar-refractivity contribution in [3.05, 3.63) is 12.7 Å². The molecule has 0 aromatic heterocycles. The molecule has 0 heterocycles. The second kappa shape index (κ2) is 7.50. The highest BCUT2D eigenvalue weighted by atomic mass is 16.5. The normalized spacial score (nSPS) is 30.5. The summed E-state index contributed by atoms with van der Waals surface area (Å²) in [5.74, 6) is -0.469. The standard InChI is InChI=1S/C19H30O4/c1-4-6-18-7-10-19(11-8-18,12-9-18)17(21)23-14-15(3)13-22-16(20)5-2/h5,15H,2,4,6-14H2,1,3H3/t15-,18?,19?/m0/s1. The van der Waals surface area contributed by atoms with E-state index in [4.69, 9.17) is 9.47 Å². The fraction of sp³-hybridized carbons (Fsp3) is 0.789. The first-order chi connectivity index (χ1) is 11.0. The van der Waals surface area contributed by atoms with E-state index in [1.54, 1.807) is 0 Å². The zero-order valence-electron chi connectivity index (χ0n) is 14.6. The van der Waals surface area contributed by atoms with Gasteiger partial charge in [0.15, 0.2) is 0 Å². The van der Waals surface area contributed by atoms with Gasteiger partial charge in [0.1, 0.15) is 0 Å². The lowest BCUT2D eigenvalue weighted by atomic mass is 9.52. The van der Waals surface area contributed by atoms with Crippen molar-refractivity contribution in [1.82, 2.24) is 0 Å². The van der Waals surface area contributed by atoms with Crippen LogP contribution in [0.2, 0.25) is 0 Å². The number of ether oxygens (including phenoxy) is 2. The van der Waals surface area contributed by atoms with Gasteiger partial charge in [-0.1, -0.05) is 26.8 Å². The number of rotatable bonds is 8. The molecule has 0 saturated heterocycles. The average molecular weight is 322 g/mol. The van der Waals surface area contributed by atoms with Crippen molar-refractivity contribution >= 4 is 11.9 Å². The Kier molecular flexibility index (Phi) is 5.88. The van der Waals surface area contributed by atoms with Crippen molar-refractivity contribution in [2.24, 2.45) is 16.7 Å². The Morgan fingerprint density at radius 1 is 1.09 bits per heavy atom. The van der Waals surface area contributed by atoms with Crippen LogP contribution < -0.4 is 0 Å². The van der Waals surface area contributed by atoms with Crippen molar-refractivity contribution in [2.45, 2.75) is 65.2 Å². The van der Waals surface area contributed by atoms with E-state index in [9.17, 15) is 9.59 Å². The van der Waals surface area contributed by atoms with E-state index in [1.807, 2.05) is 6.92 Å². The van der Waals surface area contributed by atoms with Gasteiger partial charge in [-0.25, -0.2) is 4.79 Å². The largest absolute Gasteiger partial charge is 0.465 e. The second-order valence-electron chi connectivity index (χ2n) is 7.57. The molecule has 130 valence electrons. The van der Waals surface area contributed by atoms with Crippen LogP contribution in [0.3, 0.4) is 0 Å². The molecule has 0 aromatic carbocycles. The highest BCUT2D eigenvalue weighted by Gasteiger charge is 2.52. The maximum Gasteiger partial charge on any atom is 0.330 e. The topological polar surface area (TPSA) is 52.6 Å². The molecule has 3 aliphatic rings. The van der Waals surface area contributed by atoms with Gasteiger partial charge >= 0.3 is 11.9 Å². The second-order valence-corrected chi connectivity index (χ2v) is 7.57. The summed E-state index contributed by atoms with van der Waals surface area (Å²) in [6.07, 6.45) is 10.1. The highest BCUT2D eigenvalue weighted by molar-refractivity contribution is 5.81. The number of fused-ring (bicyclic) bond motifs is 3. The first-order valence-corrected chi connectivity index (χ1v) is 8.92. The lowest BCUT2D eigenvalue weighted by Gasteiger charge is -2.52. The van der Waals surface area contributed by atoms with Gasteiger partial charge in [-0.05, 0) is 50.4 Å². The quantitative estimate of drug-likeness (QED) is 0.500. The average Bonchev–Trinajstić information content (AvgIpc) is 2.59. The molecule has 0 aliphatic heterocycles. The van der Waals surface area contributed by atoms with Gasteiger partial charge in [-0.3, -0.25) is 4.79 Å². The summed E-state index contributed by atoms with van der Waals surface area (Å²) in [6, 6.07) is 0. The van der Waals surface area contributed by atoms with Crippen LogP contribution in [-0.2, 0) is 19.1 Å². The van der Waals surface area contributed by atoms with Crippen LogP contribution in [0.4, 0.5) is 0 Å². The van der Waals surface area contributed by atoms with Crippen LogP contribution in [0.5, 0.6) is 0 Å². The molecular formula is C19H30O4. The summed E-state index contributed by atoms with van der Waals surface area (Å²) in [6.45, 7) is 8.08. The Balaban J connectivity index is 1.78. The van der Waals surface area contributed by atoms with E-state index in [0.29, 0.717) is 12.0 Å². The van der Waals surface area contributed by atoms with Crippen LogP contribution in [-0.4, -0.2) is 25.2 Å². The number of esters is 2.